The number of nitrogens with zero attached hydrogens (tertiary/aromatic N) is 3. The van der Waals surface area contributed by atoms with Crippen LogP contribution in [0.15, 0.2) is 24.3 Å². The first-order valence-corrected chi connectivity index (χ1v) is 7.96. The van der Waals surface area contributed by atoms with Crippen molar-refractivity contribution in [3.63, 3.8) is 0 Å². The summed E-state index contributed by atoms with van der Waals surface area (Å²) in [6.07, 6.45) is 0.274. The van der Waals surface area contributed by atoms with Crippen molar-refractivity contribution in [1.82, 2.24) is 20.1 Å². The number of carbonyl (C=O) groups excluding carboxylic acids is 1. The first-order valence-electron chi connectivity index (χ1n) is 7.96. The third-order valence-corrected chi connectivity index (χ3v) is 4.43. The van der Waals surface area contributed by atoms with Gasteiger partial charge in [-0.1, -0.05) is 12.1 Å². The molecule has 0 spiro atoms. The fourth-order valence-electron chi connectivity index (χ4n) is 3.12. The number of benzene rings is 1. The van der Waals surface area contributed by atoms with Crippen molar-refractivity contribution in [2.45, 2.75) is 19.3 Å². The maximum Gasteiger partial charge on any atom is 0.227 e. The van der Waals surface area contributed by atoms with Gasteiger partial charge in [0.25, 0.3) is 0 Å². The number of likely N-dealkylation sites (tertiary alicyclic amines) is 1. The first kappa shape index (κ1) is 16.4. The quantitative estimate of drug-likeness (QED) is 0.907. The van der Waals surface area contributed by atoms with Crippen LogP contribution < -0.4 is 4.74 Å². The Kier molecular flexibility index (Phi) is 4.78. The number of halogens is 1. The van der Waals surface area contributed by atoms with Crippen molar-refractivity contribution in [3.05, 3.63) is 41.5 Å². The van der Waals surface area contributed by atoms with Gasteiger partial charge in [0.2, 0.25) is 5.91 Å². The van der Waals surface area contributed by atoms with Gasteiger partial charge in [0.05, 0.1) is 20.2 Å². The molecule has 0 bridgehead atoms. The Hall–Kier alpha value is -2.44. The van der Waals surface area contributed by atoms with Gasteiger partial charge in [-0.25, -0.2) is 4.98 Å². The van der Waals surface area contributed by atoms with Crippen LogP contribution >= 0.6 is 0 Å². The van der Waals surface area contributed by atoms with E-state index < -0.39 is 6.67 Å². The number of nitrogens with one attached hydrogen (secondary N) is 1. The number of aromatic amines is 1. The van der Waals surface area contributed by atoms with Crippen LogP contribution in [0.2, 0.25) is 0 Å². The molecule has 1 amide bonds. The number of carbonyl (C=O) groups is 1. The van der Waals surface area contributed by atoms with E-state index in [1.54, 1.807) is 12.0 Å². The van der Waals surface area contributed by atoms with Crippen LogP contribution in [-0.2, 0) is 11.2 Å². The van der Waals surface area contributed by atoms with E-state index in [0.29, 0.717) is 24.7 Å². The molecule has 2 aromatic rings. The first-order chi connectivity index (χ1) is 11.6. The summed E-state index contributed by atoms with van der Waals surface area (Å²) in [5.41, 5.74) is 0.883. The molecule has 128 valence electrons. The molecule has 3 rings (SSSR count). The van der Waals surface area contributed by atoms with Crippen LogP contribution in [0.3, 0.4) is 0 Å². The number of aryl methyl sites for hydroxylation is 1. The highest BCUT2D eigenvalue weighted by Gasteiger charge is 2.38. The maximum absolute atomic E-state index is 13.4. The van der Waals surface area contributed by atoms with Crippen molar-refractivity contribution < 1.29 is 13.9 Å². The number of methoxy groups -OCH3 is 1. The average molecular weight is 332 g/mol. The van der Waals surface area contributed by atoms with Crippen molar-refractivity contribution in [2.75, 3.05) is 26.9 Å². The topological polar surface area (TPSA) is 71.1 Å². The molecule has 1 aliphatic heterocycles. The van der Waals surface area contributed by atoms with Crippen LogP contribution in [0.5, 0.6) is 5.75 Å². The lowest BCUT2D eigenvalue weighted by Gasteiger charge is -2.16. The monoisotopic (exact) mass is 332 g/mol. The smallest absolute Gasteiger partial charge is 0.227 e. The van der Waals surface area contributed by atoms with Crippen LogP contribution in [-0.4, -0.2) is 52.9 Å². The van der Waals surface area contributed by atoms with Crippen LogP contribution in [0.4, 0.5) is 4.39 Å². The van der Waals surface area contributed by atoms with Crippen molar-refractivity contribution in [1.29, 1.82) is 0 Å². The minimum atomic E-state index is -0.485. The zero-order chi connectivity index (χ0) is 17.1. The average Bonchev–Trinajstić information content (AvgIpc) is 3.20. The van der Waals surface area contributed by atoms with Crippen LogP contribution in [0.1, 0.15) is 23.1 Å². The van der Waals surface area contributed by atoms with Gasteiger partial charge >= 0.3 is 0 Å². The van der Waals surface area contributed by atoms with Crippen molar-refractivity contribution in [2.24, 2.45) is 5.92 Å². The van der Waals surface area contributed by atoms with E-state index in [9.17, 15) is 9.18 Å². The lowest BCUT2D eigenvalue weighted by molar-refractivity contribution is -0.129. The van der Waals surface area contributed by atoms with E-state index in [1.807, 2.05) is 31.2 Å². The summed E-state index contributed by atoms with van der Waals surface area (Å²) in [6.45, 7) is 2.18. The summed E-state index contributed by atoms with van der Waals surface area (Å²) in [5.74, 6) is 1.58. The largest absolute Gasteiger partial charge is 0.497 e. The number of hydrogen-bond acceptors (Lipinski definition) is 4. The molecular weight excluding hydrogens is 311 g/mol. The fourth-order valence-corrected chi connectivity index (χ4v) is 3.12. The fraction of sp³-hybridized carbons (Fsp3) is 0.471. The molecule has 2 atom stereocenters. The molecule has 0 radical (unpaired) electrons. The molecule has 7 heteroatoms. The number of aromatic nitrogens is 3. The van der Waals surface area contributed by atoms with E-state index in [2.05, 4.69) is 15.2 Å². The molecule has 2 unspecified atom stereocenters. The standard InChI is InChI=1S/C17H21FN4O2/c1-11-19-17(21-20-11)15-10-22(9-13(15)8-18)16(23)7-12-4-3-5-14(6-12)24-2/h3-6,13,15H,7-10H2,1-2H3,(H,19,20,21). The molecule has 2 heterocycles. The summed E-state index contributed by atoms with van der Waals surface area (Å²) in [7, 11) is 1.59. The normalized spacial score (nSPS) is 20.4. The Morgan fingerprint density at radius 1 is 1.46 bits per heavy atom. The van der Waals surface area contributed by atoms with Gasteiger partial charge in [0.15, 0.2) is 5.82 Å². The second kappa shape index (κ2) is 6.98. The van der Waals surface area contributed by atoms with Gasteiger partial charge < -0.3 is 9.64 Å². The zero-order valence-corrected chi connectivity index (χ0v) is 13.8. The van der Waals surface area contributed by atoms with Gasteiger partial charge in [-0.05, 0) is 24.6 Å². The molecule has 1 aliphatic rings. The molecular formula is C17H21FN4O2. The number of alkyl halides is 1. The Bertz CT molecular complexity index is 718. The summed E-state index contributed by atoms with van der Waals surface area (Å²) < 4.78 is 18.6. The van der Waals surface area contributed by atoms with E-state index in [0.717, 1.165) is 11.3 Å². The van der Waals surface area contributed by atoms with Gasteiger partial charge in [-0.3, -0.25) is 14.3 Å². The molecule has 1 fully saturated rings. The third kappa shape index (κ3) is 3.39. The molecule has 0 aliphatic carbocycles. The summed E-state index contributed by atoms with van der Waals surface area (Å²) >= 11 is 0. The molecule has 1 N–H and O–H groups in total. The zero-order valence-electron chi connectivity index (χ0n) is 13.8. The Morgan fingerprint density at radius 3 is 2.96 bits per heavy atom. The van der Waals surface area contributed by atoms with Gasteiger partial charge in [-0.15, -0.1) is 0 Å². The number of rotatable bonds is 5. The van der Waals surface area contributed by atoms with E-state index in [-0.39, 0.29) is 24.2 Å². The van der Waals surface area contributed by atoms with Crippen molar-refractivity contribution >= 4 is 5.91 Å². The second-order valence-corrected chi connectivity index (χ2v) is 6.13. The highest BCUT2D eigenvalue weighted by molar-refractivity contribution is 5.79. The number of amides is 1. The summed E-state index contributed by atoms with van der Waals surface area (Å²) in [6, 6.07) is 7.43. The number of H-pyrrole nitrogens is 1. The van der Waals surface area contributed by atoms with Gasteiger partial charge in [-0.2, -0.15) is 5.10 Å². The Labute approximate surface area is 140 Å². The second-order valence-electron chi connectivity index (χ2n) is 6.13. The minimum Gasteiger partial charge on any atom is -0.497 e. The van der Waals surface area contributed by atoms with Crippen molar-refractivity contribution in [3.8, 4) is 5.75 Å². The SMILES string of the molecule is COc1cccc(CC(=O)N2CC(CF)C(c3n[nH]c(C)n3)C2)c1. The molecule has 6 nitrogen and oxygen atoms in total. The Morgan fingerprint density at radius 2 is 2.29 bits per heavy atom. The van der Waals surface area contributed by atoms with Crippen LogP contribution in [0, 0.1) is 12.8 Å². The summed E-state index contributed by atoms with van der Waals surface area (Å²) in [5, 5.41) is 6.92. The van der Waals surface area contributed by atoms with E-state index in [1.165, 1.54) is 0 Å². The molecule has 1 aromatic carbocycles. The highest BCUT2D eigenvalue weighted by atomic mass is 19.1. The highest BCUT2D eigenvalue weighted by Crippen LogP contribution is 2.31. The van der Waals surface area contributed by atoms with Gasteiger partial charge in [0, 0.05) is 24.9 Å². The van der Waals surface area contributed by atoms with E-state index >= 15 is 0 Å². The molecule has 0 saturated carbocycles. The predicted octanol–water partition coefficient (Wildman–Crippen LogP) is 1.88. The molecule has 1 aromatic heterocycles. The molecule has 1 saturated heterocycles. The maximum atomic E-state index is 13.4. The van der Waals surface area contributed by atoms with Gasteiger partial charge in [0.1, 0.15) is 11.6 Å². The summed E-state index contributed by atoms with van der Waals surface area (Å²) in [4.78, 5) is 18.6. The number of hydrogen-bond donors (Lipinski definition) is 1. The predicted molar refractivity (Wildman–Crippen MR) is 86.6 cm³/mol. The Balaban J connectivity index is 1.69. The third-order valence-electron chi connectivity index (χ3n) is 4.43. The minimum absolute atomic E-state index is 0.0172. The number of ether oxygens (including phenoxy) is 1. The van der Waals surface area contributed by atoms with Crippen LogP contribution in [0.25, 0.3) is 0 Å². The van der Waals surface area contributed by atoms with E-state index in [4.69, 9.17) is 4.74 Å². The lowest BCUT2D eigenvalue weighted by atomic mass is 9.97. The lowest BCUT2D eigenvalue weighted by Crippen LogP contribution is -2.30. The molecule has 24 heavy (non-hydrogen) atoms.